The second-order valence-electron chi connectivity index (χ2n) is 7.75. The van der Waals surface area contributed by atoms with Crippen molar-refractivity contribution >= 4 is 22.8 Å². The number of carbonyl (C=O) groups is 1. The van der Waals surface area contributed by atoms with Gasteiger partial charge < -0.3 is 10.2 Å². The van der Waals surface area contributed by atoms with Gasteiger partial charge in [0.15, 0.2) is 0 Å². The first-order chi connectivity index (χ1) is 13.3. The Morgan fingerprint density at radius 1 is 1.11 bits per heavy atom. The number of nitrogens with one attached hydrogen (secondary N) is 1. The lowest BCUT2D eigenvalue weighted by Crippen LogP contribution is -2.33. The number of aryl methyl sites for hydroxylation is 5. The summed E-state index contributed by atoms with van der Waals surface area (Å²) in [6, 6.07) is 5.96. The molecule has 2 aromatic heterocycles. The molecule has 1 aromatic carbocycles. The van der Waals surface area contributed by atoms with E-state index in [4.69, 9.17) is 0 Å². The average molecular weight is 382 g/mol. The summed E-state index contributed by atoms with van der Waals surface area (Å²) < 4.78 is 5.24. The van der Waals surface area contributed by atoms with Crippen molar-refractivity contribution in [3.8, 4) is 0 Å². The van der Waals surface area contributed by atoms with Crippen LogP contribution in [-0.4, -0.2) is 42.9 Å². The predicted molar refractivity (Wildman–Crippen MR) is 109 cm³/mol. The van der Waals surface area contributed by atoms with Crippen LogP contribution < -0.4 is 11.0 Å². The van der Waals surface area contributed by atoms with Gasteiger partial charge in [-0.2, -0.15) is 5.10 Å². The molecule has 148 valence electrons. The van der Waals surface area contributed by atoms with E-state index in [2.05, 4.69) is 16.5 Å². The van der Waals surface area contributed by atoms with Crippen LogP contribution >= 0.6 is 0 Å². The molecular formula is C20H26N6O2. The molecular weight excluding hydrogens is 356 g/mol. The highest BCUT2D eigenvalue weighted by molar-refractivity contribution is 5.93. The van der Waals surface area contributed by atoms with Crippen LogP contribution in [0.2, 0.25) is 0 Å². The number of fused-ring (bicyclic) bond motifs is 1. The van der Waals surface area contributed by atoms with Gasteiger partial charge in [-0.25, -0.2) is 9.59 Å². The van der Waals surface area contributed by atoms with E-state index < -0.39 is 0 Å². The minimum atomic E-state index is -0.118. The molecule has 1 saturated heterocycles. The van der Waals surface area contributed by atoms with Crippen LogP contribution in [-0.2, 0) is 14.1 Å². The molecule has 4 rings (SSSR count). The van der Waals surface area contributed by atoms with E-state index >= 15 is 0 Å². The lowest BCUT2D eigenvalue weighted by Gasteiger charge is -2.19. The number of imidazole rings is 1. The maximum absolute atomic E-state index is 12.8. The highest BCUT2D eigenvalue weighted by atomic mass is 16.2. The Kier molecular flexibility index (Phi) is 4.28. The Bertz CT molecular complexity index is 1140. The Morgan fingerprint density at radius 3 is 2.43 bits per heavy atom. The second kappa shape index (κ2) is 6.54. The van der Waals surface area contributed by atoms with E-state index in [0.29, 0.717) is 13.1 Å². The largest absolute Gasteiger partial charge is 0.328 e. The number of rotatable bonds is 2. The summed E-state index contributed by atoms with van der Waals surface area (Å²) >= 11 is 0. The Balaban J connectivity index is 1.54. The zero-order chi connectivity index (χ0) is 20.2. The number of anilines is 1. The van der Waals surface area contributed by atoms with Crippen molar-refractivity contribution < 1.29 is 4.79 Å². The molecule has 0 unspecified atom stereocenters. The topological polar surface area (TPSA) is 77.1 Å². The van der Waals surface area contributed by atoms with E-state index in [9.17, 15) is 9.59 Å². The van der Waals surface area contributed by atoms with Gasteiger partial charge in [0, 0.05) is 38.6 Å². The van der Waals surface area contributed by atoms with Crippen LogP contribution in [0.5, 0.6) is 0 Å². The van der Waals surface area contributed by atoms with Gasteiger partial charge in [-0.05, 0) is 51.0 Å². The van der Waals surface area contributed by atoms with E-state index in [0.717, 1.165) is 40.1 Å². The number of nitrogens with zero attached hydrogens (tertiary/aromatic N) is 5. The monoisotopic (exact) mass is 382 g/mol. The molecule has 1 N–H and O–H groups in total. The normalized spacial score (nSPS) is 16.9. The molecule has 0 aliphatic carbocycles. The number of hydrogen-bond donors (Lipinski definition) is 1. The summed E-state index contributed by atoms with van der Waals surface area (Å²) in [5.41, 5.74) is 5.35. The number of urea groups is 1. The van der Waals surface area contributed by atoms with Gasteiger partial charge in [0.1, 0.15) is 0 Å². The van der Waals surface area contributed by atoms with Crippen molar-refractivity contribution in [2.45, 2.75) is 33.2 Å². The van der Waals surface area contributed by atoms with Crippen LogP contribution in [0, 0.1) is 20.8 Å². The molecule has 8 nitrogen and oxygen atoms in total. The summed E-state index contributed by atoms with van der Waals surface area (Å²) in [6.07, 6.45) is 0.889. The maximum atomic E-state index is 12.8. The summed E-state index contributed by atoms with van der Waals surface area (Å²) in [5.74, 6) is 0. The number of carbonyl (C=O) groups excluding carboxylic acids is 1. The molecule has 0 bridgehead atoms. The van der Waals surface area contributed by atoms with Gasteiger partial charge in [-0.3, -0.25) is 13.8 Å². The average Bonchev–Trinajstić information content (AvgIpc) is 3.31. The molecule has 1 fully saturated rings. The molecule has 28 heavy (non-hydrogen) atoms. The summed E-state index contributed by atoms with van der Waals surface area (Å²) in [4.78, 5) is 26.8. The number of aromatic nitrogens is 4. The lowest BCUT2D eigenvalue weighted by molar-refractivity contribution is 0.220. The molecule has 1 aliphatic heterocycles. The molecule has 1 atom stereocenters. The minimum Gasteiger partial charge on any atom is -0.322 e. The number of amides is 2. The summed E-state index contributed by atoms with van der Waals surface area (Å²) in [6.45, 7) is 7.30. The smallest absolute Gasteiger partial charge is 0.322 e. The summed E-state index contributed by atoms with van der Waals surface area (Å²) in [5, 5.41) is 7.59. The van der Waals surface area contributed by atoms with E-state index in [1.165, 1.54) is 0 Å². The number of likely N-dealkylation sites (tertiary alicyclic amines) is 1. The van der Waals surface area contributed by atoms with Crippen LogP contribution in [0.4, 0.5) is 10.5 Å². The highest BCUT2D eigenvalue weighted by Gasteiger charge is 2.29. The number of benzene rings is 1. The van der Waals surface area contributed by atoms with Crippen molar-refractivity contribution in [2.24, 2.45) is 14.1 Å². The fourth-order valence-corrected chi connectivity index (χ4v) is 4.12. The minimum absolute atomic E-state index is 0.0786. The first-order valence-electron chi connectivity index (χ1n) is 9.51. The Labute approximate surface area is 163 Å². The molecule has 0 radical (unpaired) electrons. The van der Waals surface area contributed by atoms with Crippen molar-refractivity contribution in [1.29, 1.82) is 0 Å². The third-order valence-electron chi connectivity index (χ3n) is 5.70. The third-order valence-corrected chi connectivity index (χ3v) is 5.70. The zero-order valence-corrected chi connectivity index (χ0v) is 17.0. The predicted octanol–water partition coefficient (Wildman–Crippen LogP) is 2.48. The van der Waals surface area contributed by atoms with Crippen molar-refractivity contribution in [3.05, 3.63) is 45.6 Å². The first-order valence-corrected chi connectivity index (χ1v) is 9.51. The molecule has 8 heteroatoms. The molecule has 0 spiro atoms. The molecule has 1 aliphatic rings. The van der Waals surface area contributed by atoms with Gasteiger partial charge in [0.05, 0.1) is 22.8 Å². The van der Waals surface area contributed by atoms with E-state index in [-0.39, 0.29) is 17.8 Å². The molecule has 0 saturated carbocycles. The highest BCUT2D eigenvalue weighted by Crippen LogP contribution is 2.26. The zero-order valence-electron chi connectivity index (χ0n) is 17.0. The summed E-state index contributed by atoms with van der Waals surface area (Å²) in [7, 11) is 3.50. The standard InChI is InChI=1S/C20H26N6O2/c1-12-8-17-18(24(5)20(28)23(17)4)10-16(12)21-19(27)25-7-6-15(11-25)26-14(3)9-13(2)22-26/h8-10,15H,6-7,11H2,1-5H3,(H,21,27)/t15-/m0/s1. The SMILES string of the molecule is Cc1cc(C)n([C@H]2CCN(C(=O)Nc3cc4c(cc3C)n(C)c(=O)n4C)C2)n1. The van der Waals surface area contributed by atoms with Gasteiger partial charge in [0.25, 0.3) is 0 Å². The molecule has 2 amide bonds. The molecule has 3 aromatic rings. The van der Waals surface area contributed by atoms with Crippen molar-refractivity contribution in [2.75, 3.05) is 18.4 Å². The Morgan fingerprint density at radius 2 is 1.79 bits per heavy atom. The van der Waals surface area contributed by atoms with Crippen molar-refractivity contribution in [1.82, 2.24) is 23.8 Å². The third kappa shape index (κ3) is 2.89. The van der Waals surface area contributed by atoms with Crippen LogP contribution in [0.25, 0.3) is 11.0 Å². The van der Waals surface area contributed by atoms with E-state index in [1.54, 1.807) is 23.2 Å². The van der Waals surface area contributed by atoms with Gasteiger partial charge in [-0.1, -0.05) is 0 Å². The van der Waals surface area contributed by atoms with Gasteiger partial charge in [0.2, 0.25) is 0 Å². The fraction of sp³-hybridized carbons (Fsp3) is 0.450. The number of hydrogen-bond acceptors (Lipinski definition) is 3. The lowest BCUT2D eigenvalue weighted by atomic mass is 10.1. The van der Waals surface area contributed by atoms with Crippen LogP contribution in [0.1, 0.15) is 29.4 Å². The first kappa shape index (κ1) is 18.3. The van der Waals surface area contributed by atoms with Gasteiger partial charge in [-0.15, -0.1) is 0 Å². The van der Waals surface area contributed by atoms with Crippen LogP contribution in [0.3, 0.4) is 0 Å². The van der Waals surface area contributed by atoms with Crippen LogP contribution in [0.15, 0.2) is 23.0 Å². The second-order valence-corrected chi connectivity index (χ2v) is 7.75. The maximum Gasteiger partial charge on any atom is 0.328 e. The van der Waals surface area contributed by atoms with E-state index in [1.807, 2.05) is 42.5 Å². The quantitative estimate of drug-likeness (QED) is 0.740. The fourth-order valence-electron chi connectivity index (χ4n) is 4.12. The molecule has 3 heterocycles. The van der Waals surface area contributed by atoms with Crippen molar-refractivity contribution in [3.63, 3.8) is 0 Å². The van der Waals surface area contributed by atoms with Gasteiger partial charge >= 0.3 is 11.7 Å². The Hall–Kier alpha value is -3.03.